The summed E-state index contributed by atoms with van der Waals surface area (Å²) in [6, 6.07) is 0. The minimum absolute atomic E-state index is 0.284. The molecule has 0 aliphatic heterocycles. The zero-order valence-corrected chi connectivity index (χ0v) is 11.3. The third-order valence-corrected chi connectivity index (χ3v) is 3.19. The van der Waals surface area contributed by atoms with E-state index in [0.29, 0.717) is 5.92 Å². The fourth-order valence-corrected chi connectivity index (χ4v) is 1.42. The van der Waals surface area contributed by atoms with E-state index in [9.17, 15) is 4.79 Å². The van der Waals surface area contributed by atoms with E-state index in [1.54, 1.807) is 0 Å². The Labute approximate surface area is 104 Å². The van der Waals surface area contributed by atoms with Crippen molar-refractivity contribution < 1.29 is 9.53 Å². The molecule has 0 aromatic carbocycles. The Morgan fingerprint density at radius 2 is 2.12 bits per heavy atom. The number of esters is 1. The van der Waals surface area contributed by atoms with Gasteiger partial charge in [0.25, 0.3) is 0 Å². The van der Waals surface area contributed by atoms with Gasteiger partial charge in [0.15, 0.2) is 0 Å². The molecule has 0 aromatic rings. The van der Waals surface area contributed by atoms with Gasteiger partial charge in [-0.2, -0.15) is 12.6 Å². The summed E-state index contributed by atoms with van der Waals surface area (Å²) in [6.45, 7) is 8.04. The molecule has 0 saturated carbocycles. The predicted octanol–water partition coefficient (Wildman–Crippen LogP) is 3.40. The molecule has 0 aromatic heterocycles. The quantitative estimate of drug-likeness (QED) is 0.320. The Bertz CT molecular complexity index is 259. The zero-order valence-electron chi connectivity index (χ0n) is 10.4. The smallest absolute Gasteiger partial charge is 0.330 e. The number of methoxy groups -OCH3 is 1. The first-order chi connectivity index (χ1) is 7.47. The van der Waals surface area contributed by atoms with Crippen LogP contribution in [0.15, 0.2) is 24.3 Å². The van der Waals surface area contributed by atoms with Gasteiger partial charge in [0.05, 0.1) is 7.11 Å². The van der Waals surface area contributed by atoms with E-state index in [1.807, 2.05) is 13.0 Å². The molecular weight excluding hydrogens is 220 g/mol. The number of thiol groups is 1. The molecule has 0 saturated heterocycles. The number of hydrogen-bond donors (Lipinski definition) is 1. The first-order valence-electron chi connectivity index (χ1n) is 5.55. The molecule has 0 radical (unpaired) electrons. The van der Waals surface area contributed by atoms with Crippen LogP contribution in [0.2, 0.25) is 0 Å². The Morgan fingerprint density at radius 1 is 1.50 bits per heavy atom. The molecule has 0 amide bonds. The summed E-state index contributed by atoms with van der Waals surface area (Å²) in [6.07, 6.45) is 6.36. The number of rotatable bonds is 7. The number of carbonyl (C=O) groups is 1. The van der Waals surface area contributed by atoms with E-state index in [-0.39, 0.29) is 11.2 Å². The van der Waals surface area contributed by atoms with E-state index in [0.717, 1.165) is 24.8 Å². The van der Waals surface area contributed by atoms with E-state index >= 15 is 0 Å². The van der Waals surface area contributed by atoms with Crippen molar-refractivity contribution in [1.82, 2.24) is 0 Å². The number of hydrogen-bond acceptors (Lipinski definition) is 3. The monoisotopic (exact) mass is 242 g/mol. The van der Waals surface area contributed by atoms with Crippen LogP contribution in [-0.4, -0.2) is 18.3 Å². The third kappa shape index (κ3) is 7.57. The molecular formula is C13H22O2S. The van der Waals surface area contributed by atoms with Gasteiger partial charge in [-0.1, -0.05) is 25.2 Å². The van der Waals surface area contributed by atoms with Gasteiger partial charge < -0.3 is 4.74 Å². The van der Waals surface area contributed by atoms with Crippen LogP contribution in [0.5, 0.6) is 0 Å². The van der Waals surface area contributed by atoms with Gasteiger partial charge in [-0.05, 0) is 32.1 Å². The Hall–Kier alpha value is -0.700. The largest absolute Gasteiger partial charge is 0.466 e. The van der Waals surface area contributed by atoms with Gasteiger partial charge in [-0.15, -0.1) is 0 Å². The molecule has 0 spiro atoms. The Balaban J connectivity index is 3.74. The first kappa shape index (κ1) is 15.3. The van der Waals surface area contributed by atoms with Crippen molar-refractivity contribution in [3.63, 3.8) is 0 Å². The number of ether oxygens (including phenoxy) is 1. The van der Waals surface area contributed by atoms with Crippen molar-refractivity contribution in [2.75, 3.05) is 7.11 Å². The van der Waals surface area contributed by atoms with Crippen LogP contribution >= 0.6 is 12.6 Å². The highest BCUT2D eigenvalue weighted by Crippen LogP contribution is 2.18. The van der Waals surface area contributed by atoms with E-state index < -0.39 is 0 Å². The number of carbonyl (C=O) groups excluding carboxylic acids is 1. The van der Waals surface area contributed by atoms with E-state index in [4.69, 9.17) is 0 Å². The Morgan fingerprint density at radius 3 is 2.62 bits per heavy atom. The van der Waals surface area contributed by atoms with Crippen molar-refractivity contribution in [2.45, 2.75) is 38.4 Å². The highest BCUT2D eigenvalue weighted by atomic mass is 32.1. The second-order valence-electron chi connectivity index (χ2n) is 4.21. The molecule has 16 heavy (non-hydrogen) atoms. The lowest BCUT2D eigenvalue weighted by Gasteiger charge is -2.13. The molecule has 2 atom stereocenters. The summed E-state index contributed by atoms with van der Waals surface area (Å²) in [5.41, 5.74) is 1.11. The zero-order chi connectivity index (χ0) is 12.6. The fourth-order valence-electron chi connectivity index (χ4n) is 1.27. The molecule has 0 N–H and O–H groups in total. The van der Waals surface area contributed by atoms with Crippen LogP contribution in [-0.2, 0) is 9.53 Å². The van der Waals surface area contributed by atoms with Gasteiger partial charge in [0.1, 0.15) is 0 Å². The average Bonchev–Trinajstić information content (AvgIpc) is 2.25. The van der Waals surface area contributed by atoms with Gasteiger partial charge in [-0.25, -0.2) is 4.79 Å². The normalized spacial score (nSPS) is 14.8. The van der Waals surface area contributed by atoms with Gasteiger partial charge in [0, 0.05) is 11.3 Å². The molecule has 3 heteroatoms. The second kappa shape index (κ2) is 8.45. The summed E-state index contributed by atoms with van der Waals surface area (Å²) in [5, 5.41) is 0.284. The SMILES string of the molecule is C=C(C)C(S)CCC(C)CC=CC(=O)OC. The van der Waals surface area contributed by atoms with Crippen LogP contribution in [0.25, 0.3) is 0 Å². The molecule has 92 valence electrons. The number of allylic oxidation sites excluding steroid dienone is 1. The average molecular weight is 242 g/mol. The molecule has 0 aliphatic rings. The van der Waals surface area contributed by atoms with Gasteiger partial charge in [-0.3, -0.25) is 0 Å². The lowest BCUT2D eigenvalue weighted by atomic mass is 9.98. The molecule has 0 bridgehead atoms. The molecule has 2 nitrogen and oxygen atoms in total. The van der Waals surface area contributed by atoms with E-state index in [1.165, 1.54) is 13.2 Å². The first-order valence-corrected chi connectivity index (χ1v) is 6.07. The van der Waals surface area contributed by atoms with Crippen molar-refractivity contribution >= 4 is 18.6 Å². The minimum Gasteiger partial charge on any atom is -0.466 e. The molecule has 0 rings (SSSR count). The van der Waals surface area contributed by atoms with Gasteiger partial charge >= 0.3 is 5.97 Å². The highest BCUT2D eigenvalue weighted by molar-refractivity contribution is 7.81. The lowest BCUT2D eigenvalue weighted by molar-refractivity contribution is -0.134. The van der Waals surface area contributed by atoms with Crippen LogP contribution in [0.1, 0.15) is 33.1 Å². The molecule has 0 fully saturated rings. The van der Waals surface area contributed by atoms with Crippen molar-refractivity contribution in [3.05, 3.63) is 24.3 Å². The minimum atomic E-state index is -0.291. The van der Waals surface area contributed by atoms with Crippen molar-refractivity contribution in [2.24, 2.45) is 5.92 Å². The summed E-state index contributed by atoms with van der Waals surface area (Å²) in [7, 11) is 1.38. The van der Waals surface area contributed by atoms with Crippen LogP contribution in [0, 0.1) is 5.92 Å². The second-order valence-corrected chi connectivity index (χ2v) is 4.83. The molecule has 0 heterocycles. The summed E-state index contributed by atoms with van der Waals surface area (Å²) < 4.78 is 4.51. The topological polar surface area (TPSA) is 26.3 Å². The standard InChI is InChI=1S/C13H22O2S/c1-10(2)12(16)9-8-11(3)6-5-7-13(14)15-4/h5,7,11-12,16H,1,6,8-9H2,2-4H3. The highest BCUT2D eigenvalue weighted by Gasteiger charge is 2.06. The molecule has 2 unspecified atom stereocenters. The molecule has 0 aliphatic carbocycles. The maximum absolute atomic E-state index is 10.8. The summed E-state index contributed by atoms with van der Waals surface area (Å²) >= 11 is 4.45. The van der Waals surface area contributed by atoms with E-state index in [2.05, 4.69) is 30.9 Å². The van der Waals surface area contributed by atoms with Crippen LogP contribution < -0.4 is 0 Å². The van der Waals surface area contributed by atoms with Gasteiger partial charge in [0.2, 0.25) is 0 Å². The van der Waals surface area contributed by atoms with Crippen molar-refractivity contribution in [3.8, 4) is 0 Å². The Kier molecular flexibility index (Phi) is 8.08. The lowest BCUT2D eigenvalue weighted by Crippen LogP contribution is -2.03. The van der Waals surface area contributed by atoms with Crippen molar-refractivity contribution in [1.29, 1.82) is 0 Å². The third-order valence-electron chi connectivity index (χ3n) is 2.50. The maximum atomic E-state index is 10.8. The summed E-state index contributed by atoms with van der Waals surface area (Å²) in [4.78, 5) is 10.8. The van der Waals surface area contributed by atoms with Crippen LogP contribution in [0.4, 0.5) is 0 Å². The fraction of sp³-hybridized carbons (Fsp3) is 0.615. The maximum Gasteiger partial charge on any atom is 0.330 e. The summed E-state index contributed by atoms with van der Waals surface area (Å²) in [5.74, 6) is 0.260. The predicted molar refractivity (Wildman–Crippen MR) is 71.8 cm³/mol. The van der Waals surface area contributed by atoms with Crippen LogP contribution in [0.3, 0.4) is 0 Å².